The summed E-state index contributed by atoms with van der Waals surface area (Å²) in [6, 6.07) is 1.83. The van der Waals surface area contributed by atoms with Gasteiger partial charge in [0.25, 0.3) is 5.91 Å². The molecular formula is C12H19N3O2S. The van der Waals surface area contributed by atoms with E-state index >= 15 is 0 Å². The van der Waals surface area contributed by atoms with Gasteiger partial charge in [-0.05, 0) is 18.9 Å². The summed E-state index contributed by atoms with van der Waals surface area (Å²) in [4.78, 5) is 16.1. The predicted octanol–water partition coefficient (Wildman–Crippen LogP) is 0.993. The molecule has 1 fully saturated rings. The van der Waals surface area contributed by atoms with Crippen LogP contribution in [-0.4, -0.2) is 49.2 Å². The van der Waals surface area contributed by atoms with E-state index in [4.69, 9.17) is 5.73 Å². The van der Waals surface area contributed by atoms with Crippen molar-refractivity contribution in [3.8, 4) is 0 Å². The summed E-state index contributed by atoms with van der Waals surface area (Å²) in [5.74, 6) is -0.0682. The molecule has 0 bridgehead atoms. The molecular weight excluding hydrogens is 250 g/mol. The molecule has 1 saturated heterocycles. The Morgan fingerprint density at radius 2 is 2.33 bits per heavy atom. The smallest absolute Gasteiger partial charge is 0.265 e. The maximum absolute atomic E-state index is 11.9. The summed E-state index contributed by atoms with van der Waals surface area (Å²) in [6.07, 6.45) is 1.53. The van der Waals surface area contributed by atoms with Crippen LogP contribution in [0.2, 0.25) is 0 Å². The van der Waals surface area contributed by atoms with E-state index in [1.54, 1.807) is 14.1 Å². The van der Waals surface area contributed by atoms with Gasteiger partial charge < -0.3 is 20.6 Å². The lowest BCUT2D eigenvalue weighted by atomic mass is 10.1. The van der Waals surface area contributed by atoms with E-state index in [0.717, 1.165) is 24.4 Å². The molecule has 1 aliphatic heterocycles. The molecule has 18 heavy (non-hydrogen) atoms. The number of amides is 1. The Bertz CT molecular complexity index is 445. The van der Waals surface area contributed by atoms with E-state index in [2.05, 4.69) is 4.90 Å². The molecule has 1 atom stereocenters. The van der Waals surface area contributed by atoms with Gasteiger partial charge in [-0.25, -0.2) is 0 Å². The van der Waals surface area contributed by atoms with Crippen LogP contribution in [0.3, 0.4) is 0 Å². The number of hydrogen-bond donors (Lipinski definition) is 2. The quantitative estimate of drug-likeness (QED) is 0.840. The first-order valence-corrected chi connectivity index (χ1v) is 6.84. The van der Waals surface area contributed by atoms with Crippen molar-refractivity contribution in [1.29, 1.82) is 0 Å². The third-order valence-corrected chi connectivity index (χ3v) is 4.26. The number of nitrogens with zero attached hydrogens (tertiary/aromatic N) is 2. The first kappa shape index (κ1) is 13.2. The first-order chi connectivity index (χ1) is 8.49. The Morgan fingerprint density at radius 3 is 2.94 bits per heavy atom. The Labute approximate surface area is 111 Å². The van der Waals surface area contributed by atoms with Gasteiger partial charge in [0.05, 0.1) is 16.8 Å². The van der Waals surface area contributed by atoms with Gasteiger partial charge >= 0.3 is 0 Å². The van der Waals surface area contributed by atoms with E-state index in [1.165, 1.54) is 16.2 Å². The van der Waals surface area contributed by atoms with E-state index < -0.39 is 0 Å². The number of aliphatic hydroxyl groups is 1. The van der Waals surface area contributed by atoms with Crippen molar-refractivity contribution in [3.63, 3.8) is 0 Å². The maximum Gasteiger partial charge on any atom is 0.265 e. The highest BCUT2D eigenvalue weighted by Gasteiger charge is 2.22. The predicted molar refractivity (Wildman–Crippen MR) is 74.2 cm³/mol. The largest absolute Gasteiger partial charge is 0.397 e. The molecule has 0 spiro atoms. The topological polar surface area (TPSA) is 69.8 Å². The molecule has 6 heteroatoms. The second kappa shape index (κ2) is 5.16. The number of anilines is 2. The van der Waals surface area contributed by atoms with Gasteiger partial charge in [0.2, 0.25) is 0 Å². The average molecular weight is 269 g/mol. The molecule has 1 aromatic rings. The molecule has 1 aromatic heterocycles. The molecule has 5 nitrogen and oxygen atoms in total. The number of piperidine rings is 1. The second-order valence-corrected chi connectivity index (χ2v) is 5.84. The average Bonchev–Trinajstić information content (AvgIpc) is 2.70. The van der Waals surface area contributed by atoms with Gasteiger partial charge in [-0.2, -0.15) is 0 Å². The minimum Gasteiger partial charge on any atom is -0.397 e. The Kier molecular flexibility index (Phi) is 3.77. The van der Waals surface area contributed by atoms with Crippen molar-refractivity contribution < 1.29 is 9.90 Å². The second-order valence-electron chi connectivity index (χ2n) is 4.81. The minimum absolute atomic E-state index is 0.0682. The van der Waals surface area contributed by atoms with Crippen LogP contribution in [0.4, 0.5) is 10.7 Å². The van der Waals surface area contributed by atoms with E-state index in [-0.39, 0.29) is 12.0 Å². The standard InChI is InChI=1S/C12H19N3O2S/c1-14(2)12(17)11-9(13)6-10(18-11)15-5-3-4-8(16)7-15/h6,8,16H,3-5,7,13H2,1-2H3. The van der Waals surface area contributed by atoms with Crippen molar-refractivity contribution in [2.75, 3.05) is 37.8 Å². The van der Waals surface area contributed by atoms with Crippen molar-refractivity contribution in [1.82, 2.24) is 4.90 Å². The highest BCUT2D eigenvalue weighted by Crippen LogP contribution is 2.34. The highest BCUT2D eigenvalue weighted by molar-refractivity contribution is 7.18. The number of thiophene rings is 1. The normalized spacial score (nSPS) is 19.9. The fourth-order valence-corrected chi connectivity index (χ4v) is 3.21. The van der Waals surface area contributed by atoms with Crippen molar-refractivity contribution in [2.45, 2.75) is 18.9 Å². The van der Waals surface area contributed by atoms with Gasteiger partial charge in [-0.15, -0.1) is 11.3 Å². The van der Waals surface area contributed by atoms with Crippen LogP contribution < -0.4 is 10.6 Å². The number of nitrogen functional groups attached to an aromatic ring is 1. The number of β-amino-alcohol motifs (C(OH)–C–C–N with tert-alkyl or cyclic N) is 1. The van der Waals surface area contributed by atoms with E-state index in [9.17, 15) is 9.90 Å². The molecule has 1 aliphatic rings. The van der Waals surface area contributed by atoms with Crippen LogP contribution in [0, 0.1) is 0 Å². The van der Waals surface area contributed by atoms with Crippen LogP contribution in [0.25, 0.3) is 0 Å². The van der Waals surface area contributed by atoms with Crippen LogP contribution in [0.15, 0.2) is 6.07 Å². The summed E-state index contributed by atoms with van der Waals surface area (Å²) < 4.78 is 0. The molecule has 100 valence electrons. The van der Waals surface area contributed by atoms with Crippen LogP contribution in [0.5, 0.6) is 0 Å². The summed E-state index contributed by atoms with van der Waals surface area (Å²) in [6.45, 7) is 1.53. The van der Waals surface area contributed by atoms with Gasteiger partial charge in [-0.1, -0.05) is 0 Å². The molecule has 3 N–H and O–H groups in total. The zero-order chi connectivity index (χ0) is 13.3. The third-order valence-electron chi connectivity index (χ3n) is 3.06. The molecule has 0 saturated carbocycles. The number of carbonyl (C=O) groups is 1. The number of rotatable bonds is 2. The van der Waals surface area contributed by atoms with Gasteiger partial charge in [0.1, 0.15) is 4.88 Å². The Balaban J connectivity index is 2.20. The third kappa shape index (κ3) is 2.59. The number of hydrogen-bond acceptors (Lipinski definition) is 5. The molecule has 0 aromatic carbocycles. The highest BCUT2D eigenvalue weighted by atomic mass is 32.1. The van der Waals surface area contributed by atoms with Crippen molar-refractivity contribution in [3.05, 3.63) is 10.9 Å². The summed E-state index contributed by atoms with van der Waals surface area (Å²) in [5, 5.41) is 10.6. The summed E-state index contributed by atoms with van der Waals surface area (Å²) in [5.41, 5.74) is 6.42. The Morgan fingerprint density at radius 1 is 1.61 bits per heavy atom. The Hall–Kier alpha value is -1.27. The van der Waals surface area contributed by atoms with Crippen molar-refractivity contribution in [2.24, 2.45) is 0 Å². The van der Waals surface area contributed by atoms with Crippen LogP contribution in [-0.2, 0) is 0 Å². The lowest BCUT2D eigenvalue weighted by molar-refractivity contribution is 0.0833. The van der Waals surface area contributed by atoms with Gasteiger partial charge in [0.15, 0.2) is 0 Å². The minimum atomic E-state index is -0.282. The monoisotopic (exact) mass is 269 g/mol. The van der Waals surface area contributed by atoms with Crippen LogP contribution >= 0.6 is 11.3 Å². The fourth-order valence-electron chi connectivity index (χ4n) is 2.07. The molecule has 1 unspecified atom stereocenters. The molecule has 1 amide bonds. The van der Waals surface area contributed by atoms with Crippen LogP contribution in [0.1, 0.15) is 22.5 Å². The molecule has 0 aliphatic carbocycles. The lowest BCUT2D eigenvalue weighted by Crippen LogP contribution is -2.37. The molecule has 2 heterocycles. The van der Waals surface area contributed by atoms with E-state index in [0.29, 0.717) is 17.1 Å². The van der Waals surface area contributed by atoms with E-state index in [1.807, 2.05) is 6.07 Å². The van der Waals surface area contributed by atoms with Crippen molar-refractivity contribution >= 4 is 27.9 Å². The first-order valence-electron chi connectivity index (χ1n) is 6.03. The summed E-state index contributed by atoms with van der Waals surface area (Å²) >= 11 is 1.40. The fraction of sp³-hybridized carbons (Fsp3) is 0.583. The van der Waals surface area contributed by atoms with Gasteiger partial charge in [-0.3, -0.25) is 4.79 Å². The number of aliphatic hydroxyl groups excluding tert-OH is 1. The number of carbonyl (C=O) groups excluding carboxylic acids is 1. The number of nitrogens with two attached hydrogens (primary N) is 1. The zero-order valence-electron chi connectivity index (χ0n) is 10.7. The summed E-state index contributed by atoms with van der Waals surface area (Å²) in [7, 11) is 3.43. The molecule has 2 rings (SSSR count). The molecule has 0 radical (unpaired) electrons. The maximum atomic E-state index is 11.9. The SMILES string of the molecule is CN(C)C(=O)c1sc(N2CCCC(O)C2)cc1N. The lowest BCUT2D eigenvalue weighted by Gasteiger charge is -2.30. The zero-order valence-corrected chi connectivity index (χ0v) is 11.5. The van der Waals surface area contributed by atoms with Gasteiger partial charge in [0, 0.05) is 27.2 Å².